The average molecular weight is 242 g/mol. The van der Waals surface area contributed by atoms with Crippen LogP contribution in [0.1, 0.15) is 26.3 Å². The normalized spacial score (nSPS) is 15.0. The van der Waals surface area contributed by atoms with Crippen molar-refractivity contribution >= 4 is 7.60 Å². The van der Waals surface area contributed by atoms with E-state index in [0.29, 0.717) is 13.2 Å². The van der Waals surface area contributed by atoms with E-state index in [0.717, 1.165) is 5.56 Å². The first-order valence-electron chi connectivity index (χ1n) is 5.51. The topological polar surface area (TPSA) is 35.5 Å². The summed E-state index contributed by atoms with van der Waals surface area (Å²) in [6.07, 6.45) is 0. The van der Waals surface area contributed by atoms with Crippen LogP contribution in [0.25, 0.3) is 0 Å². The molecule has 1 aromatic rings. The summed E-state index contributed by atoms with van der Waals surface area (Å²) in [7, 11) is -2.96. The van der Waals surface area contributed by atoms with Crippen LogP contribution < -0.4 is 0 Å². The maximum atomic E-state index is 12.2. The van der Waals surface area contributed by atoms with E-state index in [1.165, 1.54) is 0 Å². The summed E-state index contributed by atoms with van der Waals surface area (Å²) in [5.41, 5.74) is 0.888. The summed E-state index contributed by atoms with van der Waals surface area (Å²) in [5, 5.41) is 0. The quantitative estimate of drug-likeness (QED) is 0.711. The second-order valence-electron chi connectivity index (χ2n) is 3.81. The first-order chi connectivity index (χ1) is 7.58. The molecule has 3 nitrogen and oxygen atoms in total. The third-order valence-corrected chi connectivity index (χ3v) is 4.57. The molecule has 90 valence electrons. The summed E-state index contributed by atoms with van der Waals surface area (Å²) in [4.78, 5) is 0. The molecule has 1 atom stereocenters. The third-order valence-electron chi connectivity index (χ3n) is 2.20. The van der Waals surface area contributed by atoms with Gasteiger partial charge in [0, 0.05) is 0 Å². The Balaban J connectivity index is 2.61. The Morgan fingerprint density at radius 1 is 1.19 bits per heavy atom. The van der Waals surface area contributed by atoms with Gasteiger partial charge in [-0.05, 0) is 12.5 Å². The lowest BCUT2D eigenvalue weighted by atomic mass is 10.2. The van der Waals surface area contributed by atoms with E-state index in [4.69, 9.17) is 9.05 Å². The van der Waals surface area contributed by atoms with Gasteiger partial charge in [-0.25, -0.2) is 0 Å². The molecule has 0 saturated carbocycles. The maximum Gasteiger partial charge on any atom is 0.333 e. The molecule has 1 rings (SSSR count). The Kier molecular flexibility index (Phi) is 5.20. The molecule has 0 radical (unpaired) electrons. The van der Waals surface area contributed by atoms with Crippen LogP contribution in [0.2, 0.25) is 0 Å². The molecule has 0 aliphatic heterocycles. The number of hydrogen-bond acceptors (Lipinski definition) is 3. The highest BCUT2D eigenvalue weighted by atomic mass is 31.2. The molecule has 0 amide bonds. The van der Waals surface area contributed by atoms with Gasteiger partial charge in [0.1, 0.15) is 0 Å². The second-order valence-corrected chi connectivity index (χ2v) is 6.44. The fourth-order valence-electron chi connectivity index (χ4n) is 1.25. The molecule has 1 aromatic carbocycles. The minimum Gasteiger partial charge on any atom is -0.309 e. The van der Waals surface area contributed by atoms with E-state index >= 15 is 0 Å². The molecule has 1 unspecified atom stereocenters. The highest BCUT2D eigenvalue weighted by Crippen LogP contribution is 2.53. The van der Waals surface area contributed by atoms with Crippen molar-refractivity contribution in [1.82, 2.24) is 0 Å². The van der Waals surface area contributed by atoms with E-state index < -0.39 is 7.60 Å². The van der Waals surface area contributed by atoms with Crippen molar-refractivity contribution in [2.75, 3.05) is 6.61 Å². The largest absolute Gasteiger partial charge is 0.333 e. The Hall–Kier alpha value is -0.630. The molecule has 0 aliphatic rings. The van der Waals surface area contributed by atoms with E-state index in [-0.39, 0.29) is 5.66 Å². The summed E-state index contributed by atoms with van der Waals surface area (Å²) in [5.74, 6) is 0. The molecular formula is C12H19O3P. The highest BCUT2D eigenvalue weighted by Gasteiger charge is 2.28. The minimum atomic E-state index is -2.96. The van der Waals surface area contributed by atoms with Crippen molar-refractivity contribution in [1.29, 1.82) is 0 Å². The van der Waals surface area contributed by atoms with Crippen molar-refractivity contribution in [2.24, 2.45) is 0 Å². The minimum absolute atomic E-state index is 0.115. The van der Waals surface area contributed by atoms with Crippen LogP contribution in [0.3, 0.4) is 0 Å². The van der Waals surface area contributed by atoms with E-state index in [1.807, 2.05) is 51.1 Å². The Bertz CT molecular complexity index is 349. The predicted octanol–water partition coefficient (Wildman–Crippen LogP) is 3.84. The van der Waals surface area contributed by atoms with Crippen LogP contribution in [0.5, 0.6) is 0 Å². The molecular weight excluding hydrogens is 223 g/mol. The number of hydrogen-bond donors (Lipinski definition) is 0. The van der Waals surface area contributed by atoms with E-state index in [9.17, 15) is 4.57 Å². The lowest BCUT2D eigenvalue weighted by Crippen LogP contribution is -2.06. The van der Waals surface area contributed by atoms with Gasteiger partial charge in [-0.3, -0.25) is 4.57 Å². The Morgan fingerprint density at radius 3 is 2.31 bits per heavy atom. The average Bonchev–Trinajstić information content (AvgIpc) is 2.28. The fraction of sp³-hybridized carbons (Fsp3) is 0.500. The van der Waals surface area contributed by atoms with Crippen LogP contribution in [-0.4, -0.2) is 12.3 Å². The van der Waals surface area contributed by atoms with Crippen LogP contribution >= 0.6 is 7.60 Å². The standard InChI is InChI=1S/C12H19O3P/c1-4-14-16(13,11(2)3)15-10-12-8-6-5-7-9-12/h5-9,11H,4,10H2,1-3H3. The van der Waals surface area contributed by atoms with E-state index in [1.54, 1.807) is 0 Å². The molecule has 0 spiro atoms. The smallest absolute Gasteiger partial charge is 0.309 e. The van der Waals surface area contributed by atoms with Gasteiger partial charge in [0.2, 0.25) is 0 Å². The molecule has 0 fully saturated rings. The summed E-state index contributed by atoms with van der Waals surface area (Å²) < 4.78 is 22.9. The van der Waals surface area contributed by atoms with Gasteiger partial charge in [-0.2, -0.15) is 0 Å². The summed E-state index contributed by atoms with van der Waals surface area (Å²) in [6.45, 7) is 6.25. The highest BCUT2D eigenvalue weighted by molar-refractivity contribution is 7.54. The van der Waals surface area contributed by atoms with Crippen molar-refractivity contribution in [3.8, 4) is 0 Å². The fourth-order valence-corrected chi connectivity index (χ4v) is 2.61. The zero-order valence-corrected chi connectivity index (χ0v) is 10.9. The Morgan fingerprint density at radius 2 is 1.81 bits per heavy atom. The molecule has 0 heterocycles. The Labute approximate surface area is 97.3 Å². The van der Waals surface area contributed by atoms with Crippen LogP contribution in [-0.2, 0) is 20.2 Å². The van der Waals surface area contributed by atoms with Gasteiger partial charge in [-0.1, -0.05) is 44.2 Å². The van der Waals surface area contributed by atoms with Gasteiger partial charge in [0.05, 0.1) is 18.9 Å². The number of rotatable bonds is 6. The molecule has 16 heavy (non-hydrogen) atoms. The van der Waals surface area contributed by atoms with Crippen molar-refractivity contribution in [3.05, 3.63) is 35.9 Å². The van der Waals surface area contributed by atoms with Crippen LogP contribution in [0.4, 0.5) is 0 Å². The summed E-state index contributed by atoms with van der Waals surface area (Å²) in [6, 6.07) is 9.68. The molecule has 0 bridgehead atoms. The summed E-state index contributed by atoms with van der Waals surface area (Å²) >= 11 is 0. The SMILES string of the molecule is CCOP(=O)(OCc1ccccc1)C(C)C. The second kappa shape index (κ2) is 6.19. The first-order valence-corrected chi connectivity index (χ1v) is 7.12. The van der Waals surface area contributed by atoms with Crippen molar-refractivity contribution in [3.63, 3.8) is 0 Å². The lowest BCUT2D eigenvalue weighted by Gasteiger charge is -2.21. The number of benzene rings is 1. The molecule has 0 aromatic heterocycles. The third kappa shape index (κ3) is 3.75. The zero-order chi connectivity index (χ0) is 12.0. The zero-order valence-electron chi connectivity index (χ0n) is 10.1. The van der Waals surface area contributed by atoms with Gasteiger partial charge in [0.15, 0.2) is 0 Å². The van der Waals surface area contributed by atoms with E-state index in [2.05, 4.69) is 0 Å². The monoisotopic (exact) mass is 242 g/mol. The predicted molar refractivity (Wildman–Crippen MR) is 65.6 cm³/mol. The lowest BCUT2D eigenvalue weighted by molar-refractivity contribution is 0.199. The molecule has 0 N–H and O–H groups in total. The van der Waals surface area contributed by atoms with Crippen molar-refractivity contribution in [2.45, 2.75) is 33.0 Å². The molecule has 4 heteroatoms. The van der Waals surface area contributed by atoms with Gasteiger partial charge in [-0.15, -0.1) is 0 Å². The first kappa shape index (κ1) is 13.4. The van der Waals surface area contributed by atoms with Crippen LogP contribution in [0.15, 0.2) is 30.3 Å². The van der Waals surface area contributed by atoms with Gasteiger partial charge in [0.25, 0.3) is 0 Å². The van der Waals surface area contributed by atoms with Crippen LogP contribution in [0, 0.1) is 0 Å². The maximum absolute atomic E-state index is 12.2. The van der Waals surface area contributed by atoms with Gasteiger partial charge >= 0.3 is 7.60 Å². The van der Waals surface area contributed by atoms with Gasteiger partial charge < -0.3 is 9.05 Å². The van der Waals surface area contributed by atoms with Crippen molar-refractivity contribution < 1.29 is 13.6 Å². The molecule has 0 aliphatic carbocycles. The molecule has 0 saturated heterocycles.